The van der Waals surface area contributed by atoms with Crippen molar-refractivity contribution in [2.45, 2.75) is 45.0 Å². The number of hydrogen-bond acceptors (Lipinski definition) is 2. The summed E-state index contributed by atoms with van der Waals surface area (Å²) in [5, 5.41) is 18.2. The molecule has 2 aromatic carbocycles. The molecule has 0 unspecified atom stereocenters. The lowest BCUT2D eigenvalue weighted by molar-refractivity contribution is -0.183. The fraction of sp³-hybridized carbons (Fsp3) is 0.391. The average molecular weight is 513 g/mol. The van der Waals surface area contributed by atoms with E-state index in [9.17, 15) is 35.9 Å². The first-order valence-corrected chi connectivity index (χ1v) is 10.3. The highest BCUT2D eigenvalue weighted by Gasteiger charge is 2.45. The van der Waals surface area contributed by atoms with Crippen LogP contribution in [-0.4, -0.2) is 34.5 Å². The van der Waals surface area contributed by atoms with E-state index in [1.165, 1.54) is 36.4 Å². The molecule has 0 aromatic heterocycles. The van der Waals surface area contributed by atoms with Crippen molar-refractivity contribution in [2.24, 2.45) is 11.8 Å². The van der Waals surface area contributed by atoms with Crippen LogP contribution >= 0.6 is 11.6 Å². The lowest BCUT2D eigenvalue weighted by Gasteiger charge is -2.23. The SMILES string of the molecule is C[C@H]([C@H](C(=O)O)c1ccc(Cl)cc1)C(F)(F)F.Cc1ccc([C@H](C(=O)O)[C@H](C)C(F)(F)F)cc1. The topological polar surface area (TPSA) is 74.6 Å². The molecule has 0 saturated carbocycles. The second-order valence-corrected chi connectivity index (χ2v) is 8.19. The van der Waals surface area contributed by atoms with Gasteiger partial charge in [0.15, 0.2) is 0 Å². The zero-order valence-corrected chi connectivity index (χ0v) is 19.0. The molecule has 4 nitrogen and oxygen atoms in total. The van der Waals surface area contributed by atoms with Crippen LogP contribution in [-0.2, 0) is 9.59 Å². The summed E-state index contributed by atoms with van der Waals surface area (Å²) < 4.78 is 75.3. The molecule has 11 heteroatoms. The predicted octanol–water partition coefficient (Wildman–Crippen LogP) is 7.07. The number of aliphatic carboxylic acids is 2. The molecule has 0 heterocycles. The van der Waals surface area contributed by atoms with E-state index in [0.29, 0.717) is 5.02 Å². The van der Waals surface area contributed by atoms with E-state index >= 15 is 0 Å². The highest BCUT2D eigenvalue weighted by atomic mass is 35.5. The minimum Gasteiger partial charge on any atom is -0.481 e. The third-order valence-electron chi connectivity index (χ3n) is 5.23. The minimum atomic E-state index is -4.55. The molecule has 0 aliphatic heterocycles. The summed E-state index contributed by atoms with van der Waals surface area (Å²) in [4.78, 5) is 21.9. The molecule has 0 fully saturated rings. The monoisotopic (exact) mass is 512 g/mol. The van der Waals surface area contributed by atoms with Crippen LogP contribution < -0.4 is 0 Å². The zero-order valence-electron chi connectivity index (χ0n) is 18.3. The van der Waals surface area contributed by atoms with Gasteiger partial charge in [-0.15, -0.1) is 0 Å². The zero-order chi connectivity index (χ0) is 26.4. The first-order chi connectivity index (χ1) is 15.5. The maximum absolute atomic E-state index is 12.6. The van der Waals surface area contributed by atoms with Crippen molar-refractivity contribution in [3.05, 3.63) is 70.2 Å². The van der Waals surface area contributed by atoms with Crippen molar-refractivity contribution in [2.75, 3.05) is 0 Å². The second kappa shape index (κ2) is 11.6. The second-order valence-electron chi connectivity index (χ2n) is 7.75. The summed E-state index contributed by atoms with van der Waals surface area (Å²) in [7, 11) is 0. The van der Waals surface area contributed by atoms with E-state index < -0.39 is 48.0 Å². The highest BCUT2D eigenvalue weighted by molar-refractivity contribution is 6.30. The van der Waals surface area contributed by atoms with Crippen LogP contribution in [0.15, 0.2) is 48.5 Å². The van der Waals surface area contributed by atoms with Crippen molar-refractivity contribution < 1.29 is 46.1 Å². The normalized spacial score (nSPS) is 15.4. The van der Waals surface area contributed by atoms with Gasteiger partial charge in [-0.2, -0.15) is 26.3 Å². The number of carbonyl (C=O) groups is 2. The molecule has 0 spiro atoms. The van der Waals surface area contributed by atoms with Gasteiger partial charge in [0.25, 0.3) is 0 Å². The van der Waals surface area contributed by atoms with Crippen LogP contribution in [0.1, 0.15) is 42.4 Å². The molecule has 34 heavy (non-hydrogen) atoms. The highest BCUT2D eigenvalue weighted by Crippen LogP contribution is 2.38. The van der Waals surface area contributed by atoms with E-state index in [-0.39, 0.29) is 11.1 Å². The summed E-state index contributed by atoms with van der Waals surface area (Å²) in [5.74, 6) is -10.0. The Kier molecular flexibility index (Phi) is 9.98. The van der Waals surface area contributed by atoms with Crippen LogP contribution in [0.5, 0.6) is 0 Å². The Bertz CT molecular complexity index is 876. The van der Waals surface area contributed by atoms with E-state index in [2.05, 4.69) is 0 Å². The van der Waals surface area contributed by atoms with Crippen LogP contribution in [0.2, 0.25) is 5.02 Å². The van der Waals surface area contributed by atoms with E-state index in [1.54, 1.807) is 19.1 Å². The first kappa shape index (κ1) is 29.3. The van der Waals surface area contributed by atoms with Gasteiger partial charge in [-0.05, 0) is 30.2 Å². The molecule has 2 aromatic rings. The summed E-state index contributed by atoms with van der Waals surface area (Å²) in [6.45, 7) is 3.53. The Morgan fingerprint density at radius 1 is 0.706 bits per heavy atom. The molecule has 0 aliphatic carbocycles. The van der Waals surface area contributed by atoms with Crippen LogP contribution in [0, 0.1) is 18.8 Å². The summed E-state index contributed by atoms with van der Waals surface area (Å²) >= 11 is 5.60. The Morgan fingerprint density at radius 2 is 1.00 bits per heavy atom. The van der Waals surface area contributed by atoms with Gasteiger partial charge in [-0.1, -0.05) is 67.4 Å². The quantitative estimate of drug-likeness (QED) is 0.406. The van der Waals surface area contributed by atoms with Crippen molar-refractivity contribution >= 4 is 23.5 Å². The van der Waals surface area contributed by atoms with Gasteiger partial charge in [0.2, 0.25) is 0 Å². The molecule has 0 bridgehead atoms. The lowest BCUT2D eigenvalue weighted by atomic mass is 9.86. The first-order valence-electron chi connectivity index (χ1n) is 9.87. The van der Waals surface area contributed by atoms with E-state index in [4.69, 9.17) is 21.8 Å². The number of halogens is 7. The Hall–Kier alpha value is -2.75. The van der Waals surface area contributed by atoms with Crippen molar-refractivity contribution in [1.82, 2.24) is 0 Å². The average Bonchev–Trinajstić information content (AvgIpc) is 2.70. The molecule has 4 atom stereocenters. The largest absolute Gasteiger partial charge is 0.481 e. The number of hydrogen-bond donors (Lipinski definition) is 2. The van der Waals surface area contributed by atoms with Gasteiger partial charge in [0, 0.05) is 5.02 Å². The summed E-state index contributed by atoms with van der Waals surface area (Å²) in [6.07, 6.45) is -9.07. The third kappa shape index (κ3) is 8.23. The van der Waals surface area contributed by atoms with E-state index in [0.717, 1.165) is 19.4 Å². The fourth-order valence-electron chi connectivity index (χ4n) is 3.11. The Balaban J connectivity index is 0.000000340. The number of carboxylic acids is 2. The lowest BCUT2D eigenvalue weighted by Crippen LogP contribution is -2.31. The van der Waals surface area contributed by atoms with Crippen molar-refractivity contribution in [3.63, 3.8) is 0 Å². The maximum atomic E-state index is 12.6. The molecule has 188 valence electrons. The van der Waals surface area contributed by atoms with Gasteiger partial charge in [-0.25, -0.2) is 0 Å². The Labute approximate surface area is 197 Å². The van der Waals surface area contributed by atoms with Crippen molar-refractivity contribution in [1.29, 1.82) is 0 Å². The third-order valence-corrected chi connectivity index (χ3v) is 5.48. The number of alkyl halides is 6. The van der Waals surface area contributed by atoms with Crippen LogP contribution in [0.3, 0.4) is 0 Å². The smallest absolute Gasteiger partial charge is 0.392 e. The van der Waals surface area contributed by atoms with E-state index in [1.807, 2.05) is 0 Å². The van der Waals surface area contributed by atoms with Crippen LogP contribution in [0.25, 0.3) is 0 Å². The summed E-state index contributed by atoms with van der Waals surface area (Å²) in [6, 6.07) is 11.4. The number of carboxylic acid groups (broad SMARTS) is 2. The molecule has 2 rings (SSSR count). The molecule has 0 amide bonds. The minimum absolute atomic E-state index is 0.0896. The van der Waals surface area contributed by atoms with Gasteiger partial charge in [0.1, 0.15) is 0 Å². The molecule has 0 saturated heterocycles. The number of rotatable bonds is 6. The van der Waals surface area contributed by atoms with Gasteiger partial charge in [-0.3, -0.25) is 9.59 Å². The molecule has 0 aliphatic rings. The van der Waals surface area contributed by atoms with Gasteiger partial charge < -0.3 is 10.2 Å². The maximum Gasteiger partial charge on any atom is 0.392 e. The Morgan fingerprint density at radius 3 is 1.26 bits per heavy atom. The van der Waals surface area contributed by atoms with Crippen LogP contribution in [0.4, 0.5) is 26.3 Å². The standard InChI is InChI=1S/C12H13F3O2.C11H10ClF3O2/c1-7-3-5-9(6-4-7)10(11(16)17)8(2)12(13,14)15;1-6(11(13,14)15)9(10(16)17)7-2-4-8(12)5-3-7/h3-6,8,10H,1-2H3,(H,16,17);2-6,9H,1H3,(H,16,17)/t8-,10+;6-,9+/m01/s1. The predicted molar refractivity (Wildman–Crippen MR) is 114 cm³/mol. The molecule has 2 N–H and O–H groups in total. The molecule has 0 radical (unpaired) electrons. The van der Waals surface area contributed by atoms with Crippen molar-refractivity contribution in [3.8, 4) is 0 Å². The van der Waals surface area contributed by atoms with Gasteiger partial charge >= 0.3 is 24.3 Å². The number of aryl methyl sites for hydroxylation is 1. The summed E-state index contributed by atoms with van der Waals surface area (Å²) in [5.41, 5.74) is 1.14. The number of benzene rings is 2. The fourth-order valence-corrected chi connectivity index (χ4v) is 3.24. The molecular weight excluding hydrogens is 490 g/mol. The molecular formula is C23H23ClF6O4. The van der Waals surface area contributed by atoms with Gasteiger partial charge in [0.05, 0.1) is 23.7 Å².